The van der Waals surface area contributed by atoms with Crippen LogP contribution in [-0.4, -0.2) is 6.54 Å². The lowest BCUT2D eigenvalue weighted by atomic mass is 9.98. The highest BCUT2D eigenvalue weighted by atomic mass is 79.9. The number of benzene rings is 2. The first-order chi connectivity index (χ1) is 10.0. The summed E-state index contributed by atoms with van der Waals surface area (Å²) in [4.78, 5) is 0. The van der Waals surface area contributed by atoms with Crippen LogP contribution in [0.15, 0.2) is 40.9 Å². The van der Waals surface area contributed by atoms with Crippen LogP contribution in [0.5, 0.6) is 0 Å². The normalized spacial score (nSPS) is 12.4. The maximum atomic E-state index is 6.40. The summed E-state index contributed by atoms with van der Waals surface area (Å²) in [6.45, 7) is 2.99. The van der Waals surface area contributed by atoms with Gasteiger partial charge in [-0.05, 0) is 48.4 Å². The Morgan fingerprint density at radius 3 is 2.19 bits per heavy atom. The standard InChI is InChI=1S/C16H15BrCl3N/c1-2-7-21-16(12-5-3-10(17)8-14(12)19)13-6-4-11(18)9-15(13)20/h3-6,8-9,16,21H,2,7H2,1H3. The highest BCUT2D eigenvalue weighted by molar-refractivity contribution is 9.10. The fraction of sp³-hybridized carbons (Fsp3) is 0.250. The van der Waals surface area contributed by atoms with E-state index >= 15 is 0 Å². The zero-order valence-electron chi connectivity index (χ0n) is 11.5. The zero-order chi connectivity index (χ0) is 15.4. The highest BCUT2D eigenvalue weighted by Gasteiger charge is 2.19. The molecular weight excluding hydrogens is 392 g/mol. The zero-order valence-corrected chi connectivity index (χ0v) is 15.3. The molecule has 112 valence electrons. The van der Waals surface area contributed by atoms with Gasteiger partial charge in [0.2, 0.25) is 0 Å². The van der Waals surface area contributed by atoms with Crippen LogP contribution in [0.2, 0.25) is 15.1 Å². The molecule has 0 radical (unpaired) electrons. The van der Waals surface area contributed by atoms with Gasteiger partial charge in [0.1, 0.15) is 0 Å². The molecule has 2 aromatic carbocycles. The maximum Gasteiger partial charge on any atom is 0.0606 e. The van der Waals surface area contributed by atoms with E-state index in [9.17, 15) is 0 Å². The van der Waals surface area contributed by atoms with E-state index < -0.39 is 0 Å². The summed E-state index contributed by atoms with van der Waals surface area (Å²) in [6, 6.07) is 11.4. The summed E-state index contributed by atoms with van der Waals surface area (Å²) in [5.74, 6) is 0. The van der Waals surface area contributed by atoms with Crippen molar-refractivity contribution in [2.45, 2.75) is 19.4 Å². The Morgan fingerprint density at radius 2 is 1.62 bits per heavy atom. The molecule has 1 N–H and O–H groups in total. The average Bonchev–Trinajstić information content (AvgIpc) is 2.42. The molecule has 1 unspecified atom stereocenters. The molecule has 5 heteroatoms. The second kappa shape index (κ2) is 7.85. The maximum absolute atomic E-state index is 6.40. The largest absolute Gasteiger partial charge is 0.306 e. The summed E-state index contributed by atoms with van der Waals surface area (Å²) in [5.41, 5.74) is 1.97. The predicted octanol–water partition coefficient (Wildman–Crippen LogP) is 6.50. The number of halogens is 4. The van der Waals surface area contributed by atoms with Crippen LogP contribution in [0.3, 0.4) is 0 Å². The summed E-state index contributed by atoms with van der Waals surface area (Å²) >= 11 is 22.2. The van der Waals surface area contributed by atoms with Crippen molar-refractivity contribution in [1.29, 1.82) is 0 Å². The Bertz CT molecular complexity index is 579. The topological polar surface area (TPSA) is 12.0 Å². The molecule has 0 aliphatic rings. The molecule has 0 saturated heterocycles. The molecule has 1 atom stereocenters. The van der Waals surface area contributed by atoms with Crippen molar-refractivity contribution in [2.75, 3.05) is 6.54 Å². The lowest BCUT2D eigenvalue weighted by Gasteiger charge is -2.22. The van der Waals surface area contributed by atoms with Gasteiger partial charge in [0.25, 0.3) is 0 Å². The SMILES string of the molecule is CCCNC(c1ccc(Cl)cc1Cl)c1ccc(Br)cc1Cl. The fourth-order valence-corrected chi connectivity index (χ4v) is 3.45. The Labute approximate surface area is 148 Å². The van der Waals surface area contributed by atoms with Crippen molar-refractivity contribution in [2.24, 2.45) is 0 Å². The van der Waals surface area contributed by atoms with E-state index in [1.807, 2.05) is 30.3 Å². The molecule has 0 heterocycles. The predicted molar refractivity (Wildman–Crippen MR) is 95.8 cm³/mol. The molecule has 0 amide bonds. The van der Waals surface area contributed by atoms with Crippen LogP contribution < -0.4 is 5.32 Å². The van der Waals surface area contributed by atoms with E-state index in [-0.39, 0.29) is 6.04 Å². The van der Waals surface area contributed by atoms with Gasteiger partial charge < -0.3 is 5.32 Å². The molecule has 0 aliphatic heterocycles. The van der Waals surface area contributed by atoms with E-state index in [1.165, 1.54) is 0 Å². The van der Waals surface area contributed by atoms with Crippen LogP contribution >= 0.6 is 50.7 Å². The third-order valence-corrected chi connectivity index (χ3v) is 4.53. The summed E-state index contributed by atoms with van der Waals surface area (Å²) in [5, 5.41) is 5.45. The minimum atomic E-state index is -0.0599. The van der Waals surface area contributed by atoms with Crippen LogP contribution in [0.25, 0.3) is 0 Å². The number of hydrogen-bond donors (Lipinski definition) is 1. The second-order valence-corrected chi connectivity index (χ2v) is 6.89. The van der Waals surface area contributed by atoms with Gasteiger partial charge in [0.15, 0.2) is 0 Å². The van der Waals surface area contributed by atoms with Gasteiger partial charge >= 0.3 is 0 Å². The first kappa shape index (κ1) is 17.1. The number of rotatable bonds is 5. The molecule has 0 spiro atoms. The molecule has 0 fully saturated rings. The molecule has 2 aromatic rings. The van der Waals surface area contributed by atoms with Crippen molar-refractivity contribution in [1.82, 2.24) is 5.32 Å². The molecule has 2 rings (SSSR count). The first-order valence-corrected chi connectivity index (χ1v) is 8.59. The third kappa shape index (κ3) is 4.37. The van der Waals surface area contributed by atoms with Gasteiger partial charge in [0.05, 0.1) is 6.04 Å². The quantitative estimate of drug-likeness (QED) is 0.597. The van der Waals surface area contributed by atoms with E-state index in [2.05, 4.69) is 28.2 Å². The lowest BCUT2D eigenvalue weighted by molar-refractivity contribution is 0.599. The Kier molecular flexibility index (Phi) is 6.39. The summed E-state index contributed by atoms with van der Waals surface area (Å²) in [6.07, 6.45) is 1.02. The van der Waals surface area contributed by atoms with E-state index in [1.54, 1.807) is 6.07 Å². The Balaban J connectivity index is 2.46. The lowest BCUT2D eigenvalue weighted by Crippen LogP contribution is -2.23. The van der Waals surface area contributed by atoms with Crippen molar-refractivity contribution in [3.8, 4) is 0 Å². The molecule has 21 heavy (non-hydrogen) atoms. The Hall–Kier alpha value is -0.250. The summed E-state index contributed by atoms with van der Waals surface area (Å²) < 4.78 is 0.952. The van der Waals surface area contributed by atoms with Gasteiger partial charge in [0, 0.05) is 19.5 Å². The van der Waals surface area contributed by atoms with Crippen LogP contribution in [0, 0.1) is 0 Å². The van der Waals surface area contributed by atoms with E-state index in [0.717, 1.165) is 28.6 Å². The second-order valence-electron chi connectivity index (χ2n) is 4.72. The van der Waals surface area contributed by atoms with E-state index in [0.29, 0.717) is 15.1 Å². The molecule has 0 bridgehead atoms. The van der Waals surface area contributed by atoms with Crippen molar-refractivity contribution >= 4 is 50.7 Å². The van der Waals surface area contributed by atoms with Gasteiger partial charge in [-0.15, -0.1) is 0 Å². The summed E-state index contributed by atoms with van der Waals surface area (Å²) in [7, 11) is 0. The minimum Gasteiger partial charge on any atom is -0.306 e. The first-order valence-electron chi connectivity index (χ1n) is 6.66. The molecule has 0 aromatic heterocycles. The molecule has 1 nitrogen and oxygen atoms in total. The van der Waals surface area contributed by atoms with Crippen molar-refractivity contribution in [3.05, 3.63) is 67.1 Å². The van der Waals surface area contributed by atoms with Gasteiger partial charge in [-0.1, -0.05) is 69.8 Å². The van der Waals surface area contributed by atoms with Gasteiger partial charge in [-0.3, -0.25) is 0 Å². The highest BCUT2D eigenvalue weighted by Crippen LogP contribution is 2.34. The van der Waals surface area contributed by atoms with Crippen LogP contribution in [-0.2, 0) is 0 Å². The van der Waals surface area contributed by atoms with Crippen molar-refractivity contribution < 1.29 is 0 Å². The smallest absolute Gasteiger partial charge is 0.0606 e. The van der Waals surface area contributed by atoms with Gasteiger partial charge in [-0.25, -0.2) is 0 Å². The van der Waals surface area contributed by atoms with E-state index in [4.69, 9.17) is 34.8 Å². The molecular formula is C16H15BrCl3N. The monoisotopic (exact) mass is 405 g/mol. The van der Waals surface area contributed by atoms with Crippen LogP contribution in [0.1, 0.15) is 30.5 Å². The van der Waals surface area contributed by atoms with Gasteiger partial charge in [-0.2, -0.15) is 0 Å². The number of hydrogen-bond acceptors (Lipinski definition) is 1. The van der Waals surface area contributed by atoms with Crippen LogP contribution in [0.4, 0.5) is 0 Å². The fourth-order valence-electron chi connectivity index (χ4n) is 2.15. The minimum absolute atomic E-state index is 0.0599. The van der Waals surface area contributed by atoms with Crippen molar-refractivity contribution in [3.63, 3.8) is 0 Å². The number of nitrogens with one attached hydrogen (secondary N) is 1. The molecule has 0 aliphatic carbocycles. The Morgan fingerprint density at radius 1 is 1.00 bits per heavy atom. The molecule has 0 saturated carbocycles. The average molecular weight is 408 g/mol. The third-order valence-electron chi connectivity index (χ3n) is 3.15.